The second kappa shape index (κ2) is 4.31. The van der Waals surface area contributed by atoms with E-state index in [0.717, 1.165) is 19.2 Å². The predicted molar refractivity (Wildman–Crippen MR) is 60.5 cm³/mol. The van der Waals surface area contributed by atoms with Crippen LogP contribution in [-0.2, 0) is 9.84 Å². The van der Waals surface area contributed by atoms with E-state index in [-0.39, 0.29) is 5.56 Å². The quantitative estimate of drug-likeness (QED) is 0.850. The maximum Gasteiger partial charge on any atom is 0.172 e. The molecule has 1 aromatic carbocycles. The fourth-order valence-corrected chi connectivity index (χ4v) is 1.83. The van der Waals surface area contributed by atoms with Gasteiger partial charge in [-0.3, -0.25) is 0 Å². The zero-order valence-electron chi connectivity index (χ0n) is 8.81. The first-order valence-electron chi connectivity index (χ1n) is 4.49. The van der Waals surface area contributed by atoms with Gasteiger partial charge in [0.15, 0.2) is 14.0 Å². The minimum Gasteiger partial charge on any atom is -0.385 e. The van der Waals surface area contributed by atoms with Crippen LogP contribution in [-0.4, -0.2) is 24.0 Å². The van der Waals surface area contributed by atoms with E-state index in [0.29, 0.717) is 0 Å². The van der Waals surface area contributed by atoms with E-state index in [2.05, 4.69) is 0 Å². The van der Waals surface area contributed by atoms with Crippen molar-refractivity contribution < 1.29 is 17.9 Å². The predicted octanol–water partition coefficient (Wildman–Crippen LogP) is 1.86. The van der Waals surface area contributed by atoms with Gasteiger partial charge in [-0.05, 0) is 13.0 Å². The monoisotopic (exact) mass is 266 g/mol. The van der Waals surface area contributed by atoms with Crippen molar-refractivity contribution in [1.29, 1.82) is 0 Å². The third kappa shape index (κ3) is 2.36. The molecule has 0 saturated carbocycles. The van der Waals surface area contributed by atoms with Gasteiger partial charge in [-0.1, -0.05) is 29.8 Å². The highest BCUT2D eigenvalue weighted by molar-refractivity contribution is 7.93. The van der Waals surface area contributed by atoms with E-state index < -0.39 is 26.0 Å². The van der Waals surface area contributed by atoms with Crippen molar-refractivity contribution in [2.75, 3.05) is 6.26 Å². The fourth-order valence-electron chi connectivity index (χ4n) is 1.18. The Balaban J connectivity index is 3.23. The van der Waals surface area contributed by atoms with Crippen LogP contribution < -0.4 is 0 Å². The van der Waals surface area contributed by atoms with Crippen LogP contribution >= 0.6 is 11.6 Å². The molecule has 1 N–H and O–H groups in total. The summed E-state index contributed by atoms with van der Waals surface area (Å²) in [7, 11) is -3.72. The molecule has 1 aromatic rings. The van der Waals surface area contributed by atoms with E-state index in [1.165, 1.54) is 18.2 Å². The first-order chi connectivity index (χ1) is 7.18. The zero-order chi connectivity index (χ0) is 12.6. The van der Waals surface area contributed by atoms with Gasteiger partial charge < -0.3 is 5.11 Å². The number of hydrogen-bond donors (Lipinski definition) is 1. The van der Waals surface area contributed by atoms with E-state index in [1.807, 2.05) is 0 Å². The Bertz CT molecular complexity index is 485. The molecule has 0 heterocycles. The first kappa shape index (κ1) is 13.4. The zero-order valence-corrected chi connectivity index (χ0v) is 10.4. The lowest BCUT2D eigenvalue weighted by Crippen LogP contribution is -2.35. The van der Waals surface area contributed by atoms with Gasteiger partial charge in [0, 0.05) is 11.8 Å². The van der Waals surface area contributed by atoms with Crippen molar-refractivity contribution in [3.63, 3.8) is 0 Å². The molecule has 0 aliphatic rings. The molecule has 1 rings (SSSR count). The summed E-state index contributed by atoms with van der Waals surface area (Å²) in [6.45, 7) is 1.14. The molecular weight excluding hydrogens is 255 g/mol. The highest BCUT2D eigenvalue weighted by atomic mass is 35.5. The van der Waals surface area contributed by atoms with Crippen LogP contribution in [0.15, 0.2) is 24.3 Å². The molecule has 0 aliphatic carbocycles. The van der Waals surface area contributed by atoms with E-state index in [1.54, 1.807) is 0 Å². The van der Waals surface area contributed by atoms with Crippen LogP contribution in [0, 0.1) is 5.82 Å². The number of sulfone groups is 1. The van der Waals surface area contributed by atoms with Crippen LogP contribution in [0.5, 0.6) is 0 Å². The van der Waals surface area contributed by atoms with Crippen molar-refractivity contribution in [2.24, 2.45) is 0 Å². The van der Waals surface area contributed by atoms with Crippen LogP contribution in [0.25, 0.3) is 0 Å². The number of aliphatic hydroxyl groups is 1. The maximum absolute atomic E-state index is 13.3. The van der Waals surface area contributed by atoms with Gasteiger partial charge >= 0.3 is 0 Å². The minimum atomic E-state index is -3.72. The average Bonchev–Trinajstić information content (AvgIpc) is 2.15. The molecule has 0 spiro atoms. The van der Waals surface area contributed by atoms with Crippen molar-refractivity contribution in [3.8, 4) is 0 Å². The Morgan fingerprint density at radius 1 is 1.44 bits per heavy atom. The molecule has 6 heteroatoms. The number of alkyl halides is 1. The molecule has 0 amide bonds. The second-order valence-electron chi connectivity index (χ2n) is 3.68. The Morgan fingerprint density at radius 2 is 1.94 bits per heavy atom. The topological polar surface area (TPSA) is 54.4 Å². The van der Waals surface area contributed by atoms with Gasteiger partial charge in [0.2, 0.25) is 0 Å². The smallest absolute Gasteiger partial charge is 0.172 e. The maximum atomic E-state index is 13.3. The molecule has 0 bridgehead atoms. The van der Waals surface area contributed by atoms with Gasteiger partial charge in [-0.2, -0.15) is 0 Å². The average molecular weight is 267 g/mol. The molecule has 0 saturated heterocycles. The molecule has 3 nitrogen and oxygen atoms in total. The Labute approximate surface area is 98.8 Å². The summed E-state index contributed by atoms with van der Waals surface area (Å²) in [4.78, 5) is 0. The molecule has 90 valence electrons. The van der Waals surface area contributed by atoms with Gasteiger partial charge in [0.25, 0.3) is 0 Å². The van der Waals surface area contributed by atoms with Crippen LogP contribution in [0.2, 0.25) is 0 Å². The first-order valence-corrected chi connectivity index (χ1v) is 6.76. The van der Waals surface area contributed by atoms with Gasteiger partial charge in [-0.15, -0.1) is 0 Å². The normalized spacial score (nSPS) is 17.8. The van der Waals surface area contributed by atoms with Crippen LogP contribution in [0.4, 0.5) is 4.39 Å². The summed E-state index contributed by atoms with van der Waals surface area (Å²) in [5, 5.41) is 9.81. The molecule has 16 heavy (non-hydrogen) atoms. The molecule has 2 atom stereocenters. The van der Waals surface area contributed by atoms with Crippen molar-refractivity contribution in [3.05, 3.63) is 35.6 Å². The summed E-state index contributed by atoms with van der Waals surface area (Å²) < 4.78 is 34.1. The summed E-state index contributed by atoms with van der Waals surface area (Å²) in [5.41, 5.74) is -0.134. The lowest BCUT2D eigenvalue weighted by Gasteiger charge is -2.26. The Kier molecular flexibility index (Phi) is 3.62. The number of aliphatic hydroxyl groups excluding tert-OH is 1. The van der Waals surface area contributed by atoms with Crippen molar-refractivity contribution in [2.45, 2.75) is 17.2 Å². The summed E-state index contributed by atoms with van der Waals surface area (Å²) >= 11 is 5.76. The number of benzene rings is 1. The van der Waals surface area contributed by atoms with Crippen molar-refractivity contribution >= 4 is 21.4 Å². The van der Waals surface area contributed by atoms with E-state index >= 15 is 0 Å². The van der Waals surface area contributed by atoms with Crippen molar-refractivity contribution in [1.82, 2.24) is 0 Å². The number of halogens is 2. The fraction of sp³-hybridized carbons (Fsp3) is 0.400. The summed E-state index contributed by atoms with van der Waals surface area (Å²) in [6.07, 6.45) is -0.727. The molecule has 0 fully saturated rings. The van der Waals surface area contributed by atoms with Crippen LogP contribution in [0.1, 0.15) is 18.6 Å². The highest BCUT2D eigenvalue weighted by Gasteiger charge is 2.42. The summed E-state index contributed by atoms with van der Waals surface area (Å²) in [5.74, 6) is -0.689. The minimum absolute atomic E-state index is 0.134. The molecule has 0 aliphatic heterocycles. The Morgan fingerprint density at radius 3 is 2.38 bits per heavy atom. The van der Waals surface area contributed by atoms with E-state index in [9.17, 15) is 17.9 Å². The van der Waals surface area contributed by atoms with E-state index in [4.69, 9.17) is 11.6 Å². The highest BCUT2D eigenvalue weighted by Crippen LogP contribution is 2.36. The Hall–Kier alpha value is -0.650. The van der Waals surface area contributed by atoms with Crippen LogP contribution in [0.3, 0.4) is 0 Å². The molecule has 0 radical (unpaired) electrons. The summed E-state index contributed by atoms with van der Waals surface area (Å²) in [6, 6.07) is 5.37. The lowest BCUT2D eigenvalue weighted by molar-refractivity contribution is 0.158. The third-order valence-electron chi connectivity index (χ3n) is 2.41. The van der Waals surface area contributed by atoms with Gasteiger partial charge in [0.05, 0.1) is 0 Å². The molecule has 0 unspecified atom stereocenters. The third-order valence-corrected chi connectivity index (χ3v) is 5.13. The largest absolute Gasteiger partial charge is 0.385 e. The number of rotatable bonds is 3. The molecular formula is C10H12ClFO3S. The van der Waals surface area contributed by atoms with Gasteiger partial charge in [-0.25, -0.2) is 12.8 Å². The second-order valence-corrected chi connectivity index (χ2v) is 7.08. The lowest BCUT2D eigenvalue weighted by atomic mass is 10.1. The van der Waals surface area contributed by atoms with Gasteiger partial charge in [0.1, 0.15) is 11.9 Å². The SMILES string of the molecule is C[C@@](Cl)([C@@H](O)c1ccccc1F)S(C)(=O)=O. The molecule has 0 aromatic heterocycles. The standard InChI is InChI=1S/C10H12ClFO3S/c1-10(11,16(2,14)15)9(13)7-5-3-4-6-8(7)12/h3-6,9,13H,1-2H3/t9-,10-/m0/s1. The number of hydrogen-bond acceptors (Lipinski definition) is 3.